The molecule has 0 saturated carbocycles. The summed E-state index contributed by atoms with van der Waals surface area (Å²) in [6.07, 6.45) is 5.12. The largest absolute Gasteiger partial charge is 0.461 e. The summed E-state index contributed by atoms with van der Waals surface area (Å²) < 4.78 is 60.0. The van der Waals surface area contributed by atoms with Gasteiger partial charge in [0.05, 0.1) is 47.4 Å². The van der Waals surface area contributed by atoms with Gasteiger partial charge in [0.1, 0.15) is 65.0 Å². The lowest BCUT2D eigenvalue weighted by molar-refractivity contribution is -0.133. The number of hydrogen-bond acceptors (Lipinski definition) is 13. The van der Waals surface area contributed by atoms with Gasteiger partial charge in [-0.3, -0.25) is 9.88 Å². The zero-order valence-corrected chi connectivity index (χ0v) is 27.9. The number of halogens is 3. The number of rotatable bonds is 5. The molecule has 51 heavy (non-hydrogen) atoms. The molecule has 1 aromatic carbocycles. The molecule has 0 aliphatic carbocycles. The highest BCUT2D eigenvalue weighted by Crippen LogP contribution is 2.44. The molecule has 4 aromatic heterocycles. The van der Waals surface area contributed by atoms with Crippen LogP contribution in [-0.4, -0.2) is 115 Å². The van der Waals surface area contributed by atoms with Gasteiger partial charge in [-0.1, -0.05) is 0 Å². The van der Waals surface area contributed by atoms with Crippen LogP contribution >= 0.6 is 11.3 Å². The van der Waals surface area contributed by atoms with E-state index in [1.54, 1.807) is 4.90 Å². The molecule has 4 aliphatic heterocycles. The molecule has 8 heterocycles. The van der Waals surface area contributed by atoms with Crippen LogP contribution in [0.5, 0.6) is 6.01 Å². The van der Waals surface area contributed by atoms with Gasteiger partial charge in [0, 0.05) is 36.7 Å². The summed E-state index contributed by atoms with van der Waals surface area (Å²) in [5.74, 6) is -1.05. The molecule has 9 rings (SSSR count). The number of nitrogens with zero attached hydrogens (tertiary/aromatic N) is 10. The molecule has 1 spiro atoms. The van der Waals surface area contributed by atoms with E-state index in [1.165, 1.54) is 31.0 Å². The van der Waals surface area contributed by atoms with Crippen LogP contribution < -0.4 is 15.4 Å². The van der Waals surface area contributed by atoms with Crippen molar-refractivity contribution in [1.29, 1.82) is 5.26 Å². The summed E-state index contributed by atoms with van der Waals surface area (Å²) in [6.45, 7) is 2.85. The maximum absolute atomic E-state index is 16.9. The van der Waals surface area contributed by atoms with Crippen LogP contribution in [0.2, 0.25) is 0 Å². The number of anilines is 2. The Balaban J connectivity index is 1.11. The molecule has 0 radical (unpaired) electrons. The van der Waals surface area contributed by atoms with Gasteiger partial charge in [-0.2, -0.15) is 25.0 Å². The van der Waals surface area contributed by atoms with E-state index < -0.39 is 28.9 Å². The second kappa shape index (κ2) is 11.7. The van der Waals surface area contributed by atoms with Crippen molar-refractivity contribution in [2.75, 3.05) is 63.1 Å². The molecular formula is C33H30F3N11O3S. The molecule has 4 aliphatic rings. The van der Waals surface area contributed by atoms with Gasteiger partial charge in [-0.15, -0.1) is 11.3 Å². The number of carbonyl (C=O) groups is 1. The number of thiophene rings is 1. The van der Waals surface area contributed by atoms with Crippen LogP contribution in [0.15, 0.2) is 31.0 Å². The number of morpholine rings is 1. The third-order valence-corrected chi connectivity index (χ3v) is 11.5. The summed E-state index contributed by atoms with van der Waals surface area (Å²) in [6, 6.07) is 4.16. The fourth-order valence-electron chi connectivity index (χ4n) is 8.11. The van der Waals surface area contributed by atoms with E-state index >= 15 is 4.39 Å². The monoisotopic (exact) mass is 717 g/mol. The van der Waals surface area contributed by atoms with Gasteiger partial charge in [-0.25, -0.2) is 22.9 Å². The number of hydrogen-bond donors (Lipinski definition) is 1. The summed E-state index contributed by atoms with van der Waals surface area (Å²) in [7, 11) is 0. The van der Waals surface area contributed by atoms with Gasteiger partial charge in [0.25, 0.3) is 0 Å². The first-order chi connectivity index (χ1) is 24.7. The highest BCUT2D eigenvalue weighted by atomic mass is 32.1. The Bertz CT molecular complexity index is 2260. The number of ether oxygens (including phenoxy) is 2. The number of carbonyl (C=O) groups excluding carboxylic acids is 1. The van der Waals surface area contributed by atoms with Crippen molar-refractivity contribution in [3.8, 4) is 23.3 Å². The first-order valence-corrected chi connectivity index (χ1v) is 17.3. The van der Waals surface area contributed by atoms with E-state index in [0.717, 1.165) is 35.4 Å². The van der Waals surface area contributed by atoms with Crippen molar-refractivity contribution in [3.63, 3.8) is 0 Å². The maximum Gasteiger partial charge on any atom is 0.346 e. The lowest BCUT2D eigenvalue weighted by Crippen LogP contribution is -2.71. The molecule has 2 atom stereocenters. The molecule has 5 aromatic rings. The second-order valence-electron chi connectivity index (χ2n) is 13.6. The van der Waals surface area contributed by atoms with Crippen LogP contribution in [0, 0.1) is 23.0 Å². The number of benzene rings is 1. The number of likely N-dealkylation sites (tertiary alicyclic amines) is 1. The number of pyridine rings is 1. The smallest absolute Gasteiger partial charge is 0.346 e. The SMILES string of the molecule is N#Cc1c(N)sc2c(F)ccc(-c3ncc4c(N5CCOC6(CN(C(=O)n7cncn7)C6)C5)nc(OC[C@@]56CCCN5C[C@H](F)C6)nc4c3F)c12. The Kier molecular flexibility index (Phi) is 7.31. The van der Waals surface area contributed by atoms with E-state index in [4.69, 9.17) is 20.2 Å². The maximum atomic E-state index is 16.9. The number of amides is 1. The lowest BCUT2D eigenvalue weighted by Gasteiger charge is -2.53. The molecule has 14 nitrogen and oxygen atoms in total. The van der Waals surface area contributed by atoms with Crippen molar-refractivity contribution < 1.29 is 27.4 Å². The first-order valence-electron chi connectivity index (χ1n) is 16.5. The predicted octanol–water partition coefficient (Wildman–Crippen LogP) is 3.74. The van der Waals surface area contributed by atoms with Crippen LogP contribution in [0.4, 0.5) is 28.8 Å². The number of fused-ring (bicyclic) bond motifs is 3. The average molecular weight is 718 g/mol. The lowest BCUT2D eigenvalue weighted by atomic mass is 9.92. The standard InChI is InChI=1S/C33H30F3N11O3S/c34-18-8-32(4-1-5-46(32)11-18)15-49-30-42-26-21(10-40-25(24(26)36)19-2-3-22(35)27-23(19)20(9-37)28(38)51-27)29(43-30)44-6-7-50-33(12-44)13-45(14-33)31(48)47-17-39-16-41-47/h2-3,10,16-18H,1,4-8,11-15,38H2/t18-,32+/m1/s1. The van der Waals surface area contributed by atoms with Crippen LogP contribution in [0.25, 0.3) is 32.2 Å². The van der Waals surface area contributed by atoms with Crippen molar-refractivity contribution in [3.05, 3.63) is 48.2 Å². The quantitative estimate of drug-likeness (QED) is 0.281. The van der Waals surface area contributed by atoms with Crippen LogP contribution in [0.1, 0.15) is 24.8 Å². The molecule has 4 fully saturated rings. The Morgan fingerprint density at radius 2 is 2.08 bits per heavy atom. The predicted molar refractivity (Wildman–Crippen MR) is 179 cm³/mol. The second-order valence-corrected chi connectivity index (χ2v) is 14.6. The van der Waals surface area contributed by atoms with Crippen molar-refractivity contribution in [2.45, 2.75) is 36.6 Å². The van der Waals surface area contributed by atoms with Crippen LogP contribution in [0.3, 0.4) is 0 Å². The Hall–Kier alpha value is -5.12. The zero-order chi connectivity index (χ0) is 35.1. The summed E-state index contributed by atoms with van der Waals surface area (Å²) >= 11 is 0.909. The minimum Gasteiger partial charge on any atom is -0.461 e. The fourth-order valence-corrected chi connectivity index (χ4v) is 9.06. The normalized spacial score (nSPS) is 22.8. The summed E-state index contributed by atoms with van der Waals surface area (Å²) in [5, 5.41) is 14.4. The van der Waals surface area contributed by atoms with E-state index in [1.807, 2.05) is 11.0 Å². The van der Waals surface area contributed by atoms with Gasteiger partial charge >= 0.3 is 12.0 Å². The van der Waals surface area contributed by atoms with Crippen molar-refractivity contribution in [1.82, 2.24) is 39.5 Å². The molecule has 2 N–H and O–H groups in total. The minimum absolute atomic E-state index is 0.0387. The Morgan fingerprint density at radius 1 is 1.22 bits per heavy atom. The summed E-state index contributed by atoms with van der Waals surface area (Å²) in [5.41, 5.74) is 4.84. The Morgan fingerprint density at radius 3 is 2.88 bits per heavy atom. The van der Waals surface area contributed by atoms with E-state index in [2.05, 4.69) is 25.0 Å². The highest BCUT2D eigenvalue weighted by Gasteiger charge is 2.51. The van der Waals surface area contributed by atoms with Gasteiger partial charge < -0.3 is 25.0 Å². The van der Waals surface area contributed by atoms with E-state index in [-0.39, 0.29) is 56.1 Å². The van der Waals surface area contributed by atoms with Gasteiger partial charge in [0.15, 0.2) is 5.82 Å². The Labute approximate surface area is 292 Å². The molecule has 0 unspecified atom stereocenters. The fraction of sp³-hybridized carbons (Fsp3) is 0.424. The molecule has 0 bridgehead atoms. The molecule has 18 heteroatoms. The average Bonchev–Trinajstić information content (AvgIpc) is 3.90. The summed E-state index contributed by atoms with van der Waals surface area (Å²) in [4.78, 5) is 36.1. The molecular weight excluding hydrogens is 687 g/mol. The highest BCUT2D eigenvalue weighted by molar-refractivity contribution is 7.23. The van der Waals surface area contributed by atoms with Crippen molar-refractivity contribution >= 4 is 49.2 Å². The van der Waals surface area contributed by atoms with Gasteiger partial charge in [0.2, 0.25) is 0 Å². The number of alkyl halides is 1. The van der Waals surface area contributed by atoms with Crippen LogP contribution in [-0.2, 0) is 4.74 Å². The van der Waals surface area contributed by atoms with E-state index in [9.17, 15) is 18.8 Å². The number of nitrogen functional groups attached to an aromatic ring is 1. The number of nitriles is 1. The molecule has 4 saturated heterocycles. The molecule has 1 amide bonds. The number of nitrogens with two attached hydrogens (primary N) is 1. The topological polar surface area (TPSA) is 164 Å². The first kappa shape index (κ1) is 31.8. The number of aromatic nitrogens is 6. The zero-order valence-electron chi connectivity index (χ0n) is 27.1. The molecule has 262 valence electrons. The van der Waals surface area contributed by atoms with E-state index in [0.29, 0.717) is 57.0 Å². The minimum atomic E-state index is -0.965. The van der Waals surface area contributed by atoms with Crippen molar-refractivity contribution in [2.24, 2.45) is 0 Å². The third kappa shape index (κ3) is 5.05. The third-order valence-electron chi connectivity index (χ3n) is 10.5. The van der Waals surface area contributed by atoms with Gasteiger partial charge in [-0.05, 0) is 31.5 Å².